The van der Waals surface area contributed by atoms with E-state index in [0.29, 0.717) is 27.8 Å². The molecule has 1 atom stereocenters. The molecule has 6 nitrogen and oxygen atoms in total. The van der Waals surface area contributed by atoms with Crippen LogP contribution in [0.1, 0.15) is 25.5 Å². The zero-order valence-corrected chi connectivity index (χ0v) is 16.7. The molecule has 0 unspecified atom stereocenters. The Labute approximate surface area is 167 Å². The average Bonchev–Trinajstić information content (AvgIpc) is 3.52. The molecular weight excluding hydrogens is 372 g/mol. The summed E-state index contributed by atoms with van der Waals surface area (Å²) in [6, 6.07) is 12.9. The van der Waals surface area contributed by atoms with Gasteiger partial charge in [-0.15, -0.1) is 0 Å². The van der Waals surface area contributed by atoms with E-state index in [1.807, 2.05) is 44.2 Å². The van der Waals surface area contributed by atoms with Gasteiger partial charge in [0.2, 0.25) is 5.91 Å². The van der Waals surface area contributed by atoms with Crippen LogP contribution in [0.2, 0.25) is 0 Å². The lowest BCUT2D eigenvalue weighted by atomic mass is 10.2. The number of aryl methyl sites for hydroxylation is 1. The van der Waals surface area contributed by atoms with Crippen molar-refractivity contribution in [3.63, 3.8) is 0 Å². The number of rotatable bonds is 6. The second-order valence-electron chi connectivity index (χ2n) is 7.17. The van der Waals surface area contributed by atoms with Crippen LogP contribution >= 0.6 is 11.8 Å². The lowest BCUT2D eigenvalue weighted by Crippen LogP contribution is -2.35. The Morgan fingerprint density at radius 2 is 2.00 bits per heavy atom. The van der Waals surface area contributed by atoms with Gasteiger partial charge in [0.1, 0.15) is 5.82 Å². The van der Waals surface area contributed by atoms with E-state index < -0.39 is 0 Å². The van der Waals surface area contributed by atoms with Crippen LogP contribution in [0.4, 0.5) is 0 Å². The van der Waals surface area contributed by atoms with Crippen molar-refractivity contribution in [3.8, 4) is 5.82 Å². The highest BCUT2D eigenvalue weighted by molar-refractivity contribution is 7.99. The Kier molecular flexibility index (Phi) is 5.17. The number of amides is 1. The van der Waals surface area contributed by atoms with Gasteiger partial charge in [0.25, 0.3) is 5.56 Å². The van der Waals surface area contributed by atoms with Crippen molar-refractivity contribution in [2.24, 2.45) is 5.92 Å². The quantitative estimate of drug-likeness (QED) is 0.514. The van der Waals surface area contributed by atoms with E-state index >= 15 is 0 Å². The lowest BCUT2D eigenvalue weighted by Gasteiger charge is -2.14. The first-order chi connectivity index (χ1) is 13.5. The molecule has 2 heterocycles. The predicted octanol–water partition coefficient (Wildman–Crippen LogP) is 3.10. The number of hydrogen-bond donors (Lipinski definition) is 1. The summed E-state index contributed by atoms with van der Waals surface area (Å²) in [4.78, 5) is 34.6. The molecule has 1 amide bonds. The van der Waals surface area contributed by atoms with Crippen molar-refractivity contribution in [3.05, 3.63) is 58.5 Å². The number of aromatic nitrogens is 3. The number of pyridine rings is 1. The molecule has 1 fully saturated rings. The van der Waals surface area contributed by atoms with Crippen LogP contribution in [-0.2, 0) is 4.79 Å². The first kappa shape index (κ1) is 18.7. The predicted molar refractivity (Wildman–Crippen MR) is 111 cm³/mol. The molecule has 1 N–H and O–H groups in total. The van der Waals surface area contributed by atoms with Gasteiger partial charge in [-0.05, 0) is 56.9 Å². The fraction of sp³-hybridized carbons (Fsp3) is 0.333. The number of nitrogens with zero attached hydrogens (tertiary/aromatic N) is 3. The largest absolute Gasteiger partial charge is 0.353 e. The van der Waals surface area contributed by atoms with Crippen molar-refractivity contribution in [1.29, 1.82) is 0 Å². The molecule has 1 saturated carbocycles. The van der Waals surface area contributed by atoms with Gasteiger partial charge in [-0.1, -0.05) is 30.0 Å². The smallest absolute Gasteiger partial charge is 0.267 e. The molecule has 28 heavy (non-hydrogen) atoms. The molecule has 3 aromatic rings. The molecule has 2 aromatic heterocycles. The van der Waals surface area contributed by atoms with E-state index in [1.165, 1.54) is 29.2 Å². The minimum atomic E-state index is -0.182. The maximum Gasteiger partial charge on any atom is 0.267 e. The van der Waals surface area contributed by atoms with Gasteiger partial charge in [0.05, 0.1) is 16.7 Å². The maximum absolute atomic E-state index is 13.2. The van der Waals surface area contributed by atoms with Gasteiger partial charge in [0.15, 0.2) is 5.16 Å². The maximum atomic E-state index is 13.2. The molecule has 0 aliphatic heterocycles. The summed E-state index contributed by atoms with van der Waals surface area (Å²) < 4.78 is 1.50. The summed E-state index contributed by atoms with van der Waals surface area (Å²) in [5.74, 6) is 1.27. The topological polar surface area (TPSA) is 76.9 Å². The van der Waals surface area contributed by atoms with Crippen LogP contribution in [0, 0.1) is 12.8 Å². The van der Waals surface area contributed by atoms with Crippen molar-refractivity contribution < 1.29 is 4.79 Å². The SMILES string of the molecule is Cc1cccc(-n2c(SCC(=O)N[C@H](C)C3CC3)nc3ccccc3c2=O)n1. The van der Waals surface area contributed by atoms with Gasteiger partial charge < -0.3 is 5.32 Å². The Bertz CT molecular complexity index is 1090. The van der Waals surface area contributed by atoms with Crippen molar-refractivity contribution in [1.82, 2.24) is 19.9 Å². The first-order valence-electron chi connectivity index (χ1n) is 9.41. The standard InChI is InChI=1S/C21H22N4O2S/c1-13-6-5-9-18(22-13)25-20(27)16-7-3-4-8-17(16)24-21(25)28-12-19(26)23-14(2)15-10-11-15/h3-9,14-15H,10-12H2,1-2H3,(H,23,26)/t14-/m1/s1. The fourth-order valence-corrected chi connectivity index (χ4v) is 4.02. The molecule has 7 heteroatoms. The summed E-state index contributed by atoms with van der Waals surface area (Å²) in [6.07, 6.45) is 2.36. The molecule has 0 spiro atoms. The molecule has 1 aliphatic rings. The fourth-order valence-electron chi connectivity index (χ4n) is 3.20. The van der Waals surface area contributed by atoms with E-state index in [1.54, 1.807) is 12.1 Å². The molecular formula is C21H22N4O2S. The second kappa shape index (κ2) is 7.75. The summed E-state index contributed by atoms with van der Waals surface area (Å²) in [5.41, 5.74) is 1.24. The summed E-state index contributed by atoms with van der Waals surface area (Å²) in [6.45, 7) is 3.92. The van der Waals surface area contributed by atoms with Crippen LogP contribution in [0.5, 0.6) is 0 Å². The minimum Gasteiger partial charge on any atom is -0.353 e. The minimum absolute atomic E-state index is 0.0458. The van der Waals surface area contributed by atoms with Crippen molar-refractivity contribution in [2.75, 3.05) is 5.75 Å². The third-order valence-electron chi connectivity index (χ3n) is 4.90. The molecule has 0 bridgehead atoms. The zero-order valence-electron chi connectivity index (χ0n) is 15.9. The lowest BCUT2D eigenvalue weighted by molar-refractivity contribution is -0.119. The van der Waals surface area contributed by atoms with E-state index in [0.717, 1.165) is 5.69 Å². The third kappa shape index (κ3) is 3.94. The van der Waals surface area contributed by atoms with Gasteiger partial charge in [0, 0.05) is 11.7 Å². The third-order valence-corrected chi connectivity index (χ3v) is 5.84. The van der Waals surface area contributed by atoms with Crippen LogP contribution in [-0.4, -0.2) is 32.2 Å². The van der Waals surface area contributed by atoms with Gasteiger partial charge in [-0.2, -0.15) is 0 Å². The molecule has 4 rings (SSSR count). The highest BCUT2D eigenvalue weighted by Crippen LogP contribution is 2.32. The molecule has 144 valence electrons. The number of benzene rings is 1. The number of hydrogen-bond acceptors (Lipinski definition) is 5. The summed E-state index contributed by atoms with van der Waals surface area (Å²) >= 11 is 1.26. The monoisotopic (exact) mass is 394 g/mol. The van der Waals surface area contributed by atoms with Gasteiger partial charge in [-0.3, -0.25) is 9.59 Å². The van der Waals surface area contributed by atoms with E-state index in [-0.39, 0.29) is 23.3 Å². The Morgan fingerprint density at radius 3 is 2.75 bits per heavy atom. The number of para-hydroxylation sites is 1. The van der Waals surface area contributed by atoms with Crippen LogP contribution < -0.4 is 10.9 Å². The van der Waals surface area contributed by atoms with Crippen LogP contribution in [0.25, 0.3) is 16.7 Å². The second-order valence-corrected chi connectivity index (χ2v) is 8.11. The highest BCUT2D eigenvalue weighted by Gasteiger charge is 2.29. The Morgan fingerprint density at radius 1 is 1.21 bits per heavy atom. The molecule has 0 saturated heterocycles. The number of carbonyl (C=O) groups excluding carboxylic acids is 1. The Hall–Kier alpha value is -2.67. The molecule has 1 aliphatic carbocycles. The summed E-state index contributed by atoms with van der Waals surface area (Å²) in [5, 5.41) is 4.04. The van der Waals surface area contributed by atoms with Crippen LogP contribution in [0.3, 0.4) is 0 Å². The summed E-state index contributed by atoms with van der Waals surface area (Å²) in [7, 11) is 0. The normalized spacial score (nSPS) is 14.8. The average molecular weight is 395 g/mol. The first-order valence-corrected chi connectivity index (χ1v) is 10.4. The molecule has 1 aromatic carbocycles. The zero-order chi connectivity index (χ0) is 19.7. The number of nitrogens with one attached hydrogen (secondary N) is 1. The van der Waals surface area contributed by atoms with Crippen LogP contribution in [0.15, 0.2) is 52.4 Å². The number of fused-ring (bicyclic) bond motifs is 1. The Balaban J connectivity index is 1.68. The van der Waals surface area contributed by atoms with E-state index in [2.05, 4.69) is 15.3 Å². The van der Waals surface area contributed by atoms with Crippen molar-refractivity contribution in [2.45, 2.75) is 37.9 Å². The highest BCUT2D eigenvalue weighted by atomic mass is 32.2. The van der Waals surface area contributed by atoms with E-state index in [9.17, 15) is 9.59 Å². The van der Waals surface area contributed by atoms with E-state index in [4.69, 9.17) is 0 Å². The van der Waals surface area contributed by atoms with Crippen molar-refractivity contribution >= 4 is 28.6 Å². The van der Waals surface area contributed by atoms with Gasteiger partial charge >= 0.3 is 0 Å². The number of carbonyl (C=O) groups is 1. The number of thioether (sulfide) groups is 1. The van der Waals surface area contributed by atoms with Gasteiger partial charge in [-0.25, -0.2) is 14.5 Å². The molecule has 0 radical (unpaired) electrons.